The topological polar surface area (TPSA) is 74.6 Å². The lowest BCUT2D eigenvalue weighted by molar-refractivity contribution is -0.155. The van der Waals surface area contributed by atoms with Gasteiger partial charge in [0.25, 0.3) is 0 Å². The first kappa shape index (κ1) is 9.77. The SMILES string of the molecule is C[C@@H]1C=CC[C@@H](C(=O)O)[C@H]1C(=O)O. The van der Waals surface area contributed by atoms with Crippen LogP contribution in [0.1, 0.15) is 13.3 Å². The van der Waals surface area contributed by atoms with Crippen LogP contribution in [0.15, 0.2) is 12.2 Å². The van der Waals surface area contributed by atoms with Crippen LogP contribution in [0.3, 0.4) is 0 Å². The van der Waals surface area contributed by atoms with Gasteiger partial charge in [-0.1, -0.05) is 19.1 Å². The van der Waals surface area contributed by atoms with Crippen LogP contribution in [0.5, 0.6) is 0 Å². The minimum Gasteiger partial charge on any atom is -0.481 e. The zero-order valence-electron chi connectivity index (χ0n) is 7.30. The van der Waals surface area contributed by atoms with Gasteiger partial charge in [-0.15, -0.1) is 0 Å². The number of carboxylic acids is 2. The van der Waals surface area contributed by atoms with Crippen LogP contribution in [0.25, 0.3) is 0 Å². The van der Waals surface area contributed by atoms with Gasteiger partial charge in [-0.05, 0) is 12.3 Å². The summed E-state index contributed by atoms with van der Waals surface area (Å²) in [6, 6.07) is 0. The highest BCUT2D eigenvalue weighted by atomic mass is 16.4. The summed E-state index contributed by atoms with van der Waals surface area (Å²) in [5, 5.41) is 17.6. The highest BCUT2D eigenvalue weighted by Gasteiger charge is 2.37. The van der Waals surface area contributed by atoms with Gasteiger partial charge in [-0.2, -0.15) is 0 Å². The summed E-state index contributed by atoms with van der Waals surface area (Å²) in [5.74, 6) is -3.82. The average Bonchev–Trinajstić information content (AvgIpc) is 2.02. The van der Waals surface area contributed by atoms with Crippen LogP contribution in [0.4, 0.5) is 0 Å². The Bertz CT molecular complexity index is 256. The van der Waals surface area contributed by atoms with Gasteiger partial charge >= 0.3 is 11.9 Å². The van der Waals surface area contributed by atoms with E-state index in [9.17, 15) is 9.59 Å². The number of hydrogen-bond donors (Lipinski definition) is 2. The van der Waals surface area contributed by atoms with Crippen LogP contribution in [-0.4, -0.2) is 22.2 Å². The molecule has 4 heteroatoms. The molecular formula is C9H12O4. The van der Waals surface area contributed by atoms with Gasteiger partial charge in [-0.3, -0.25) is 9.59 Å². The van der Waals surface area contributed by atoms with Gasteiger partial charge in [0.05, 0.1) is 11.8 Å². The summed E-state index contributed by atoms with van der Waals surface area (Å²) in [5.41, 5.74) is 0. The van der Waals surface area contributed by atoms with E-state index in [-0.39, 0.29) is 5.92 Å². The fourth-order valence-electron chi connectivity index (χ4n) is 1.72. The van der Waals surface area contributed by atoms with Gasteiger partial charge in [0, 0.05) is 0 Å². The molecule has 1 rings (SSSR count). The van der Waals surface area contributed by atoms with E-state index in [1.165, 1.54) is 0 Å². The molecule has 4 nitrogen and oxygen atoms in total. The lowest BCUT2D eigenvalue weighted by atomic mass is 9.77. The number of hydrogen-bond acceptors (Lipinski definition) is 2. The van der Waals surface area contributed by atoms with Crippen molar-refractivity contribution < 1.29 is 19.8 Å². The standard InChI is InChI=1S/C9H12O4/c1-5-3-2-4-6(8(10)11)7(5)9(12)13/h2-3,5-7H,4H2,1H3,(H,10,11)(H,12,13)/t5-,6-,7+/m1/s1. The lowest BCUT2D eigenvalue weighted by Gasteiger charge is -2.26. The van der Waals surface area contributed by atoms with Crippen molar-refractivity contribution in [1.29, 1.82) is 0 Å². The number of aliphatic carboxylic acids is 2. The molecule has 0 aliphatic heterocycles. The number of carboxylic acid groups (broad SMARTS) is 2. The molecule has 1 aliphatic carbocycles. The Balaban J connectivity index is 2.89. The van der Waals surface area contributed by atoms with Gasteiger partial charge in [0.15, 0.2) is 0 Å². The maximum absolute atomic E-state index is 10.8. The Labute approximate surface area is 75.9 Å². The average molecular weight is 184 g/mol. The first-order chi connectivity index (χ1) is 6.04. The molecule has 0 bridgehead atoms. The molecule has 0 saturated carbocycles. The molecule has 13 heavy (non-hydrogen) atoms. The van der Waals surface area contributed by atoms with Gasteiger partial charge < -0.3 is 10.2 Å². The van der Waals surface area contributed by atoms with Gasteiger partial charge in [-0.25, -0.2) is 0 Å². The summed E-state index contributed by atoms with van der Waals surface area (Å²) in [4.78, 5) is 21.5. The molecule has 0 fully saturated rings. The Morgan fingerprint density at radius 1 is 1.31 bits per heavy atom. The molecule has 3 atom stereocenters. The minimum absolute atomic E-state index is 0.202. The van der Waals surface area contributed by atoms with E-state index in [0.29, 0.717) is 6.42 Å². The predicted molar refractivity (Wildman–Crippen MR) is 45.2 cm³/mol. The van der Waals surface area contributed by atoms with Crippen LogP contribution < -0.4 is 0 Å². The Hall–Kier alpha value is -1.32. The van der Waals surface area contributed by atoms with Crippen molar-refractivity contribution >= 4 is 11.9 Å². The van der Waals surface area contributed by atoms with Crippen molar-refractivity contribution in [1.82, 2.24) is 0 Å². The van der Waals surface area contributed by atoms with E-state index < -0.39 is 23.8 Å². The molecule has 2 N–H and O–H groups in total. The second kappa shape index (κ2) is 3.60. The molecule has 0 saturated heterocycles. The quantitative estimate of drug-likeness (QED) is 0.627. The van der Waals surface area contributed by atoms with Gasteiger partial charge in [0.2, 0.25) is 0 Å². The van der Waals surface area contributed by atoms with E-state index >= 15 is 0 Å². The largest absolute Gasteiger partial charge is 0.481 e. The molecule has 0 amide bonds. The maximum Gasteiger partial charge on any atom is 0.307 e. The van der Waals surface area contributed by atoms with Crippen LogP contribution in [0.2, 0.25) is 0 Å². The normalized spacial score (nSPS) is 32.8. The summed E-state index contributed by atoms with van der Waals surface area (Å²) in [6.07, 6.45) is 3.82. The third-order valence-corrected chi connectivity index (χ3v) is 2.43. The summed E-state index contributed by atoms with van der Waals surface area (Å²) in [7, 11) is 0. The third kappa shape index (κ3) is 1.88. The van der Waals surface area contributed by atoms with Crippen LogP contribution >= 0.6 is 0 Å². The molecule has 72 valence electrons. The summed E-state index contributed by atoms with van der Waals surface area (Å²) in [6.45, 7) is 1.73. The maximum atomic E-state index is 10.8. The second-order valence-corrected chi connectivity index (χ2v) is 3.33. The monoisotopic (exact) mass is 184 g/mol. The second-order valence-electron chi connectivity index (χ2n) is 3.33. The fraction of sp³-hybridized carbons (Fsp3) is 0.556. The van der Waals surface area contributed by atoms with Crippen molar-refractivity contribution in [3.05, 3.63) is 12.2 Å². The van der Waals surface area contributed by atoms with E-state index in [0.717, 1.165) is 0 Å². The van der Waals surface area contributed by atoms with E-state index in [1.807, 2.05) is 0 Å². The molecule has 0 spiro atoms. The van der Waals surface area contributed by atoms with Crippen molar-refractivity contribution in [2.24, 2.45) is 17.8 Å². The first-order valence-corrected chi connectivity index (χ1v) is 4.16. The highest BCUT2D eigenvalue weighted by molar-refractivity contribution is 5.81. The number of allylic oxidation sites excluding steroid dienone is 2. The minimum atomic E-state index is -1.02. The van der Waals surface area contributed by atoms with Crippen molar-refractivity contribution in [3.63, 3.8) is 0 Å². The smallest absolute Gasteiger partial charge is 0.307 e. The summed E-state index contributed by atoms with van der Waals surface area (Å²) >= 11 is 0. The predicted octanol–water partition coefficient (Wildman–Crippen LogP) is 0.984. The molecule has 0 aromatic carbocycles. The van der Waals surface area contributed by atoms with E-state index in [2.05, 4.69) is 0 Å². The molecule has 0 aromatic rings. The van der Waals surface area contributed by atoms with Gasteiger partial charge in [0.1, 0.15) is 0 Å². The third-order valence-electron chi connectivity index (χ3n) is 2.43. The molecule has 0 heterocycles. The lowest BCUT2D eigenvalue weighted by Crippen LogP contribution is -2.35. The van der Waals surface area contributed by atoms with E-state index in [4.69, 9.17) is 10.2 Å². The van der Waals surface area contributed by atoms with Crippen LogP contribution in [-0.2, 0) is 9.59 Å². The Morgan fingerprint density at radius 3 is 2.31 bits per heavy atom. The number of rotatable bonds is 2. The molecule has 1 aliphatic rings. The highest BCUT2D eigenvalue weighted by Crippen LogP contribution is 2.30. The first-order valence-electron chi connectivity index (χ1n) is 4.16. The molecule has 0 aromatic heterocycles. The Morgan fingerprint density at radius 2 is 1.92 bits per heavy atom. The molecule has 0 radical (unpaired) electrons. The zero-order chi connectivity index (χ0) is 10.0. The van der Waals surface area contributed by atoms with Crippen molar-refractivity contribution in [2.75, 3.05) is 0 Å². The van der Waals surface area contributed by atoms with Crippen LogP contribution in [0, 0.1) is 17.8 Å². The summed E-state index contributed by atoms with van der Waals surface area (Å²) < 4.78 is 0. The molecular weight excluding hydrogens is 172 g/mol. The fourth-order valence-corrected chi connectivity index (χ4v) is 1.72. The molecule has 0 unspecified atom stereocenters. The van der Waals surface area contributed by atoms with Crippen molar-refractivity contribution in [3.8, 4) is 0 Å². The number of carbonyl (C=O) groups is 2. The van der Waals surface area contributed by atoms with E-state index in [1.54, 1.807) is 19.1 Å². The van der Waals surface area contributed by atoms with Crippen molar-refractivity contribution in [2.45, 2.75) is 13.3 Å². The zero-order valence-corrected chi connectivity index (χ0v) is 7.30. The Kier molecular flexibility index (Phi) is 2.70.